The summed E-state index contributed by atoms with van der Waals surface area (Å²) >= 11 is 0. The minimum absolute atomic E-state index is 0.201. The van der Waals surface area contributed by atoms with Crippen molar-refractivity contribution >= 4 is 11.9 Å². The third-order valence-electron chi connectivity index (χ3n) is 3.65. The molecule has 0 fully saturated rings. The summed E-state index contributed by atoms with van der Waals surface area (Å²) in [5.41, 5.74) is 0.534. The first-order chi connectivity index (χ1) is 11.0. The average Bonchev–Trinajstić information content (AvgIpc) is 2.55. The topological polar surface area (TPSA) is 52.6 Å². The van der Waals surface area contributed by atoms with Gasteiger partial charge in [0.1, 0.15) is 11.3 Å². The number of hydrogen-bond acceptors (Lipinski definition) is 4. The highest BCUT2D eigenvalue weighted by Gasteiger charge is 2.18. The maximum Gasteiger partial charge on any atom is 0.341 e. The highest BCUT2D eigenvalue weighted by atomic mass is 16.5. The van der Waals surface area contributed by atoms with Crippen LogP contribution < -0.4 is 4.74 Å². The van der Waals surface area contributed by atoms with Crippen LogP contribution in [-0.4, -0.2) is 18.5 Å². The zero-order valence-electron chi connectivity index (χ0n) is 14.3. The smallest absolute Gasteiger partial charge is 0.341 e. The fraction of sp³-hybridized carbons (Fsp3) is 0.474. The molecule has 4 nitrogen and oxygen atoms in total. The second kappa shape index (κ2) is 9.82. The molecule has 0 spiro atoms. The third kappa shape index (κ3) is 6.27. The Labute approximate surface area is 138 Å². The van der Waals surface area contributed by atoms with Gasteiger partial charge in [-0.2, -0.15) is 0 Å². The lowest BCUT2D eigenvalue weighted by atomic mass is 10.0. The summed E-state index contributed by atoms with van der Waals surface area (Å²) in [6, 6.07) is 6.58. The number of ether oxygens (including phenoxy) is 2. The first-order valence-corrected chi connectivity index (χ1v) is 8.13. The molecule has 0 radical (unpaired) electrons. The lowest BCUT2D eigenvalue weighted by molar-refractivity contribution is -0.130. The molecule has 0 aliphatic rings. The Hall–Kier alpha value is -2.10. The largest absolute Gasteiger partial charge is 0.462 e. The van der Waals surface area contributed by atoms with Gasteiger partial charge < -0.3 is 9.47 Å². The van der Waals surface area contributed by atoms with Crippen LogP contribution in [0.5, 0.6) is 5.75 Å². The van der Waals surface area contributed by atoms with Crippen LogP contribution in [0.25, 0.3) is 0 Å². The van der Waals surface area contributed by atoms with Crippen molar-refractivity contribution in [1.82, 2.24) is 0 Å². The molecule has 1 rings (SSSR count). The number of unbranched alkanes of at least 4 members (excludes halogenated alkanes) is 1. The van der Waals surface area contributed by atoms with E-state index in [-0.39, 0.29) is 16.9 Å². The van der Waals surface area contributed by atoms with E-state index >= 15 is 0 Å². The van der Waals surface area contributed by atoms with Crippen LogP contribution in [0.4, 0.5) is 0 Å². The Morgan fingerprint density at radius 1 is 1.22 bits per heavy atom. The molecule has 23 heavy (non-hydrogen) atoms. The summed E-state index contributed by atoms with van der Waals surface area (Å²) in [7, 11) is 0. The maximum atomic E-state index is 12.3. The summed E-state index contributed by atoms with van der Waals surface area (Å²) in [6.45, 7) is 9.72. The molecule has 1 atom stereocenters. The lowest BCUT2D eigenvalue weighted by Crippen LogP contribution is -2.16. The molecule has 0 aliphatic heterocycles. The number of carbonyl (C=O) groups excluding carboxylic acids is 2. The SMILES string of the molecule is C=C(C)C(=O)Oc1ccccc1C(=O)OCC(CC)CCCC. The highest BCUT2D eigenvalue weighted by molar-refractivity contribution is 5.95. The predicted molar refractivity (Wildman–Crippen MR) is 90.5 cm³/mol. The predicted octanol–water partition coefficient (Wildman–Crippen LogP) is 4.54. The molecular formula is C19H26O4. The summed E-state index contributed by atoms with van der Waals surface area (Å²) < 4.78 is 10.6. The Kier molecular flexibility index (Phi) is 8.09. The first kappa shape index (κ1) is 18.9. The summed E-state index contributed by atoms with van der Waals surface area (Å²) in [5.74, 6) is -0.458. The van der Waals surface area contributed by atoms with Gasteiger partial charge in [-0.25, -0.2) is 9.59 Å². The van der Waals surface area contributed by atoms with Gasteiger partial charge in [-0.1, -0.05) is 51.8 Å². The average molecular weight is 318 g/mol. The van der Waals surface area contributed by atoms with Crippen LogP contribution in [0.2, 0.25) is 0 Å². The van der Waals surface area contributed by atoms with Gasteiger partial charge in [0.15, 0.2) is 0 Å². The van der Waals surface area contributed by atoms with Crippen LogP contribution >= 0.6 is 0 Å². The van der Waals surface area contributed by atoms with Gasteiger partial charge in [0.25, 0.3) is 0 Å². The van der Waals surface area contributed by atoms with Gasteiger partial charge >= 0.3 is 11.9 Å². The van der Waals surface area contributed by atoms with E-state index in [0.29, 0.717) is 12.5 Å². The second-order valence-corrected chi connectivity index (χ2v) is 5.68. The van der Waals surface area contributed by atoms with Crippen LogP contribution in [0, 0.1) is 5.92 Å². The van der Waals surface area contributed by atoms with E-state index in [1.807, 2.05) is 0 Å². The number of esters is 2. The van der Waals surface area contributed by atoms with Crippen molar-refractivity contribution in [2.75, 3.05) is 6.61 Å². The highest BCUT2D eigenvalue weighted by Crippen LogP contribution is 2.21. The molecule has 0 heterocycles. The first-order valence-electron chi connectivity index (χ1n) is 8.13. The van der Waals surface area contributed by atoms with E-state index in [0.717, 1.165) is 25.7 Å². The van der Waals surface area contributed by atoms with Gasteiger partial charge in [-0.3, -0.25) is 0 Å². The molecule has 126 valence electrons. The van der Waals surface area contributed by atoms with Crippen molar-refractivity contribution in [2.24, 2.45) is 5.92 Å². The lowest BCUT2D eigenvalue weighted by Gasteiger charge is -2.15. The number of rotatable bonds is 9. The number of benzene rings is 1. The van der Waals surface area contributed by atoms with Crippen LogP contribution in [0.15, 0.2) is 36.4 Å². The van der Waals surface area contributed by atoms with Gasteiger partial charge in [-0.05, 0) is 31.4 Å². The normalized spacial score (nSPS) is 11.6. The fourth-order valence-electron chi connectivity index (χ4n) is 2.08. The van der Waals surface area contributed by atoms with Crippen molar-refractivity contribution in [3.05, 3.63) is 42.0 Å². The minimum atomic E-state index is -0.556. The van der Waals surface area contributed by atoms with E-state index in [1.54, 1.807) is 31.2 Å². The zero-order chi connectivity index (χ0) is 17.2. The summed E-state index contributed by atoms with van der Waals surface area (Å²) in [6.07, 6.45) is 4.28. The van der Waals surface area contributed by atoms with Crippen LogP contribution in [-0.2, 0) is 9.53 Å². The molecule has 1 unspecified atom stereocenters. The van der Waals surface area contributed by atoms with Gasteiger partial charge in [-0.15, -0.1) is 0 Å². The molecule has 1 aromatic carbocycles. The van der Waals surface area contributed by atoms with Gasteiger partial charge in [0.05, 0.1) is 6.61 Å². The van der Waals surface area contributed by atoms with Gasteiger partial charge in [0.2, 0.25) is 0 Å². The van der Waals surface area contributed by atoms with E-state index in [9.17, 15) is 9.59 Å². The molecule has 0 saturated carbocycles. The van der Waals surface area contributed by atoms with Crippen molar-refractivity contribution in [1.29, 1.82) is 0 Å². The molecule has 0 bridgehead atoms. The quantitative estimate of drug-likeness (QED) is 0.381. The zero-order valence-corrected chi connectivity index (χ0v) is 14.3. The molecule has 0 amide bonds. The standard InChI is InChI=1S/C19H26O4/c1-5-7-10-15(6-2)13-22-19(21)16-11-8-9-12-17(16)23-18(20)14(3)4/h8-9,11-12,15H,3,5-7,10,13H2,1-2,4H3. The monoisotopic (exact) mass is 318 g/mol. The van der Waals surface area contributed by atoms with Crippen molar-refractivity contribution < 1.29 is 19.1 Å². The summed E-state index contributed by atoms with van der Waals surface area (Å²) in [5, 5.41) is 0. The van der Waals surface area contributed by atoms with E-state index in [1.165, 1.54) is 0 Å². The second-order valence-electron chi connectivity index (χ2n) is 5.68. The van der Waals surface area contributed by atoms with Gasteiger partial charge in [0, 0.05) is 5.57 Å². The van der Waals surface area contributed by atoms with E-state index in [2.05, 4.69) is 20.4 Å². The van der Waals surface area contributed by atoms with Crippen molar-refractivity contribution in [3.8, 4) is 5.75 Å². The van der Waals surface area contributed by atoms with E-state index < -0.39 is 11.9 Å². The number of hydrogen-bond donors (Lipinski definition) is 0. The molecule has 0 N–H and O–H groups in total. The summed E-state index contributed by atoms with van der Waals surface area (Å²) in [4.78, 5) is 23.9. The molecule has 1 aromatic rings. The third-order valence-corrected chi connectivity index (χ3v) is 3.65. The van der Waals surface area contributed by atoms with Crippen molar-refractivity contribution in [3.63, 3.8) is 0 Å². The fourth-order valence-corrected chi connectivity index (χ4v) is 2.08. The number of carbonyl (C=O) groups is 2. The minimum Gasteiger partial charge on any atom is -0.462 e. The van der Waals surface area contributed by atoms with E-state index in [4.69, 9.17) is 9.47 Å². The van der Waals surface area contributed by atoms with Crippen molar-refractivity contribution in [2.45, 2.75) is 46.5 Å². The maximum absolute atomic E-state index is 12.3. The molecular weight excluding hydrogens is 292 g/mol. The Morgan fingerprint density at radius 3 is 2.52 bits per heavy atom. The molecule has 0 aromatic heterocycles. The Bertz CT molecular complexity index is 548. The van der Waals surface area contributed by atoms with Crippen LogP contribution in [0.1, 0.15) is 56.8 Å². The number of para-hydroxylation sites is 1. The Morgan fingerprint density at radius 2 is 1.91 bits per heavy atom. The molecule has 0 aliphatic carbocycles. The van der Waals surface area contributed by atoms with Crippen LogP contribution in [0.3, 0.4) is 0 Å². The molecule has 0 saturated heterocycles. The Balaban J connectivity index is 2.72. The molecule has 4 heteroatoms.